The highest BCUT2D eigenvalue weighted by molar-refractivity contribution is 5.92. The highest BCUT2D eigenvalue weighted by Crippen LogP contribution is 2.18. The lowest BCUT2D eigenvalue weighted by Crippen LogP contribution is -2.03. The molecule has 4 nitrogen and oxygen atoms in total. The van der Waals surface area contributed by atoms with E-state index in [9.17, 15) is 14.3 Å². The summed E-state index contributed by atoms with van der Waals surface area (Å²) >= 11 is 0. The van der Waals surface area contributed by atoms with E-state index in [1.807, 2.05) is 13.0 Å². The summed E-state index contributed by atoms with van der Waals surface area (Å²) in [6.45, 7) is 1.88. The van der Waals surface area contributed by atoms with Crippen LogP contribution in [-0.4, -0.2) is 20.5 Å². The Labute approximate surface area is 126 Å². The molecule has 0 bridgehead atoms. The summed E-state index contributed by atoms with van der Waals surface area (Å²) in [6, 6.07) is 9.60. The van der Waals surface area contributed by atoms with Crippen LogP contribution in [0.3, 0.4) is 0 Å². The molecule has 110 valence electrons. The summed E-state index contributed by atoms with van der Waals surface area (Å²) in [5, 5.41) is 9.43. The summed E-state index contributed by atoms with van der Waals surface area (Å²) < 4.78 is 14.4. The van der Waals surface area contributed by atoms with Gasteiger partial charge in [0.15, 0.2) is 5.69 Å². The number of benzene rings is 1. The van der Waals surface area contributed by atoms with Crippen molar-refractivity contribution in [2.24, 2.45) is 0 Å². The van der Waals surface area contributed by atoms with Crippen molar-refractivity contribution in [1.82, 2.24) is 9.38 Å². The normalized spacial score (nSPS) is 11.4. The fraction of sp³-hybridized carbons (Fsp3) is 0.0588. The molecule has 3 aromatic rings. The Balaban J connectivity index is 2.10. The van der Waals surface area contributed by atoms with Gasteiger partial charge in [-0.25, -0.2) is 14.2 Å². The first kappa shape index (κ1) is 14.0. The van der Waals surface area contributed by atoms with Gasteiger partial charge in [0, 0.05) is 6.20 Å². The van der Waals surface area contributed by atoms with Crippen LogP contribution in [0.2, 0.25) is 0 Å². The Hall–Kier alpha value is -2.95. The van der Waals surface area contributed by atoms with Crippen molar-refractivity contribution in [3.05, 3.63) is 70.9 Å². The molecule has 2 heterocycles. The molecule has 3 rings (SSSR count). The molecule has 1 aromatic carbocycles. The number of nitrogens with zero attached hydrogens (tertiary/aromatic N) is 2. The Morgan fingerprint density at radius 1 is 1.23 bits per heavy atom. The van der Waals surface area contributed by atoms with E-state index in [4.69, 9.17) is 0 Å². The third-order valence-corrected chi connectivity index (χ3v) is 3.38. The van der Waals surface area contributed by atoms with Crippen LogP contribution in [0.5, 0.6) is 0 Å². The molecule has 0 amide bonds. The quantitative estimate of drug-likeness (QED) is 0.802. The number of rotatable bonds is 3. The lowest BCUT2D eigenvalue weighted by Gasteiger charge is -1.98. The number of hydrogen-bond donors (Lipinski definition) is 1. The van der Waals surface area contributed by atoms with E-state index in [0.717, 1.165) is 11.1 Å². The van der Waals surface area contributed by atoms with Crippen molar-refractivity contribution in [3.63, 3.8) is 0 Å². The predicted octanol–water partition coefficient (Wildman–Crippen LogP) is 3.65. The molecule has 0 spiro atoms. The number of hydrogen-bond acceptors (Lipinski definition) is 2. The minimum atomic E-state index is -1.04. The number of aryl methyl sites for hydroxylation is 1. The summed E-state index contributed by atoms with van der Waals surface area (Å²) in [5.41, 5.74) is 2.75. The second kappa shape index (κ2) is 5.44. The summed E-state index contributed by atoms with van der Waals surface area (Å²) in [4.78, 5) is 15.9. The molecule has 0 aliphatic carbocycles. The fourth-order valence-corrected chi connectivity index (χ4v) is 2.30. The molecule has 0 saturated heterocycles. The molecule has 0 radical (unpaired) electrons. The fourth-order valence-electron chi connectivity index (χ4n) is 2.30. The molecule has 0 fully saturated rings. The van der Waals surface area contributed by atoms with E-state index in [1.165, 1.54) is 12.1 Å². The Bertz CT molecular complexity index is 880. The number of carboxylic acids is 1. The van der Waals surface area contributed by atoms with Crippen molar-refractivity contribution in [3.8, 4) is 0 Å². The average molecular weight is 296 g/mol. The van der Waals surface area contributed by atoms with Crippen molar-refractivity contribution in [2.45, 2.75) is 6.92 Å². The standard InChI is InChI=1S/C17H13FN2O2/c1-11-3-2-10-20-15(17(21)22)14(19-16(11)20)9-6-12-4-7-13(18)8-5-12/h2-10H,1H3,(H,21,22)/b9-6+. The second-order valence-electron chi connectivity index (χ2n) is 4.92. The number of carboxylic acid groups (broad SMARTS) is 1. The van der Waals surface area contributed by atoms with Crippen LogP contribution in [0.4, 0.5) is 4.39 Å². The smallest absolute Gasteiger partial charge is 0.355 e. The number of aromatic carboxylic acids is 1. The van der Waals surface area contributed by atoms with E-state index in [0.29, 0.717) is 11.3 Å². The van der Waals surface area contributed by atoms with E-state index in [1.54, 1.807) is 40.9 Å². The van der Waals surface area contributed by atoms with Crippen LogP contribution in [-0.2, 0) is 0 Å². The molecule has 5 heteroatoms. The van der Waals surface area contributed by atoms with Gasteiger partial charge in [0.05, 0.1) is 5.69 Å². The topological polar surface area (TPSA) is 54.6 Å². The zero-order chi connectivity index (χ0) is 15.7. The van der Waals surface area contributed by atoms with Gasteiger partial charge in [0.2, 0.25) is 0 Å². The van der Waals surface area contributed by atoms with E-state index < -0.39 is 5.97 Å². The van der Waals surface area contributed by atoms with Crippen LogP contribution >= 0.6 is 0 Å². The molecule has 0 atom stereocenters. The molecular formula is C17H13FN2O2. The molecule has 0 saturated carbocycles. The maximum absolute atomic E-state index is 12.9. The van der Waals surface area contributed by atoms with Gasteiger partial charge in [-0.2, -0.15) is 0 Å². The average Bonchev–Trinajstić information content (AvgIpc) is 2.87. The second-order valence-corrected chi connectivity index (χ2v) is 4.92. The first-order valence-corrected chi connectivity index (χ1v) is 6.71. The van der Waals surface area contributed by atoms with Gasteiger partial charge >= 0.3 is 5.97 Å². The lowest BCUT2D eigenvalue weighted by atomic mass is 10.2. The number of imidazole rings is 1. The molecule has 2 aromatic heterocycles. The number of fused-ring (bicyclic) bond motifs is 1. The van der Waals surface area contributed by atoms with E-state index >= 15 is 0 Å². The molecule has 0 unspecified atom stereocenters. The van der Waals surface area contributed by atoms with Gasteiger partial charge in [-0.3, -0.25) is 4.40 Å². The molecule has 0 aliphatic heterocycles. The maximum Gasteiger partial charge on any atom is 0.355 e. The van der Waals surface area contributed by atoms with Gasteiger partial charge in [0.1, 0.15) is 11.5 Å². The SMILES string of the molecule is Cc1cccn2c(C(=O)O)c(/C=C/c3ccc(F)cc3)nc12. The van der Waals surface area contributed by atoms with E-state index in [-0.39, 0.29) is 11.5 Å². The highest BCUT2D eigenvalue weighted by atomic mass is 19.1. The van der Waals surface area contributed by atoms with Crippen LogP contribution in [0, 0.1) is 12.7 Å². The minimum Gasteiger partial charge on any atom is -0.476 e. The Morgan fingerprint density at radius 3 is 2.64 bits per heavy atom. The summed E-state index contributed by atoms with van der Waals surface area (Å²) in [5.74, 6) is -1.36. The molecule has 1 N–H and O–H groups in total. The number of halogens is 1. The van der Waals surface area contributed by atoms with Crippen LogP contribution in [0.25, 0.3) is 17.8 Å². The largest absolute Gasteiger partial charge is 0.476 e. The Morgan fingerprint density at radius 2 is 1.95 bits per heavy atom. The minimum absolute atomic E-state index is 0.108. The van der Waals surface area contributed by atoms with Gasteiger partial charge in [-0.05, 0) is 42.3 Å². The van der Waals surface area contributed by atoms with Crippen molar-refractivity contribution in [1.29, 1.82) is 0 Å². The van der Waals surface area contributed by atoms with Crippen LogP contribution in [0.15, 0.2) is 42.6 Å². The highest BCUT2D eigenvalue weighted by Gasteiger charge is 2.17. The van der Waals surface area contributed by atoms with Crippen molar-refractivity contribution >= 4 is 23.8 Å². The van der Waals surface area contributed by atoms with Gasteiger partial charge in [-0.15, -0.1) is 0 Å². The lowest BCUT2D eigenvalue weighted by molar-refractivity contribution is 0.0689. The predicted molar refractivity (Wildman–Crippen MR) is 82.2 cm³/mol. The summed E-state index contributed by atoms with van der Waals surface area (Å²) in [6.07, 6.45) is 5.01. The molecule has 0 aliphatic rings. The van der Waals surface area contributed by atoms with Crippen molar-refractivity contribution < 1.29 is 14.3 Å². The first-order valence-electron chi connectivity index (χ1n) is 6.71. The van der Waals surface area contributed by atoms with Gasteiger partial charge in [-0.1, -0.05) is 24.3 Å². The molecular weight excluding hydrogens is 283 g/mol. The monoisotopic (exact) mass is 296 g/mol. The zero-order valence-corrected chi connectivity index (χ0v) is 11.8. The molecule has 22 heavy (non-hydrogen) atoms. The van der Waals surface area contributed by atoms with Crippen molar-refractivity contribution in [2.75, 3.05) is 0 Å². The number of carbonyl (C=O) groups is 1. The summed E-state index contributed by atoms with van der Waals surface area (Å²) in [7, 11) is 0. The van der Waals surface area contributed by atoms with Crippen LogP contribution in [0.1, 0.15) is 27.3 Å². The maximum atomic E-state index is 12.9. The number of pyridine rings is 1. The van der Waals surface area contributed by atoms with Crippen LogP contribution < -0.4 is 0 Å². The third-order valence-electron chi connectivity index (χ3n) is 3.38. The third kappa shape index (κ3) is 2.48. The number of aromatic nitrogens is 2. The van der Waals surface area contributed by atoms with Gasteiger partial charge in [0.25, 0.3) is 0 Å². The first-order chi connectivity index (χ1) is 10.6. The zero-order valence-electron chi connectivity index (χ0n) is 11.8. The van der Waals surface area contributed by atoms with E-state index in [2.05, 4.69) is 4.98 Å². The Kier molecular flexibility index (Phi) is 3.47. The van der Waals surface area contributed by atoms with Gasteiger partial charge < -0.3 is 5.11 Å².